The fourth-order valence-electron chi connectivity index (χ4n) is 5.04. The third-order valence-corrected chi connectivity index (χ3v) is 6.33. The van der Waals surface area contributed by atoms with E-state index < -0.39 is 0 Å². The summed E-state index contributed by atoms with van der Waals surface area (Å²) in [6.45, 7) is 4.86. The second kappa shape index (κ2) is 6.03. The van der Waals surface area contributed by atoms with E-state index in [4.69, 9.17) is 4.74 Å². The van der Waals surface area contributed by atoms with Crippen LogP contribution >= 0.6 is 0 Å². The van der Waals surface area contributed by atoms with Crippen LogP contribution in [-0.2, 0) is 0 Å². The molecular formula is C21H25N3O. The number of pyridine rings is 1. The van der Waals surface area contributed by atoms with Gasteiger partial charge >= 0.3 is 0 Å². The zero-order valence-corrected chi connectivity index (χ0v) is 14.6. The number of nitrogens with zero attached hydrogens (tertiary/aromatic N) is 3. The third kappa shape index (κ3) is 2.78. The summed E-state index contributed by atoms with van der Waals surface area (Å²) in [4.78, 5) is 9.70. The SMILES string of the molecule is c1ccc(Oc2cncc(N3CCC4(CC5CCN4CC5)C3)c2)cc1. The number of ether oxygens (including phenoxy) is 1. The molecule has 1 spiro atoms. The molecule has 6 rings (SSSR count). The number of piperidine rings is 3. The summed E-state index contributed by atoms with van der Waals surface area (Å²) in [5.41, 5.74) is 1.60. The maximum absolute atomic E-state index is 5.97. The van der Waals surface area contributed by atoms with E-state index in [1.165, 1.54) is 44.5 Å². The molecule has 0 radical (unpaired) electrons. The molecule has 5 heterocycles. The van der Waals surface area contributed by atoms with Crippen molar-refractivity contribution < 1.29 is 4.74 Å². The van der Waals surface area contributed by atoms with Crippen LogP contribution in [0.5, 0.6) is 11.5 Å². The Kier molecular flexibility index (Phi) is 3.66. The van der Waals surface area contributed by atoms with Gasteiger partial charge in [-0.3, -0.25) is 9.88 Å². The van der Waals surface area contributed by atoms with E-state index in [1.807, 2.05) is 36.5 Å². The number of aromatic nitrogens is 1. The maximum atomic E-state index is 5.97. The molecule has 0 N–H and O–H groups in total. The lowest BCUT2D eigenvalue weighted by atomic mass is 9.74. The molecule has 4 aliphatic rings. The minimum atomic E-state index is 0.414. The summed E-state index contributed by atoms with van der Waals surface area (Å²) in [7, 11) is 0. The first kappa shape index (κ1) is 15.2. The summed E-state index contributed by atoms with van der Waals surface area (Å²) in [5.74, 6) is 2.63. The molecule has 1 atom stereocenters. The molecule has 2 aromatic rings. The molecule has 1 aromatic heterocycles. The molecule has 0 saturated carbocycles. The van der Waals surface area contributed by atoms with Crippen molar-refractivity contribution in [1.82, 2.24) is 9.88 Å². The van der Waals surface area contributed by atoms with E-state index in [1.54, 1.807) is 6.20 Å². The molecule has 2 bridgehead atoms. The van der Waals surface area contributed by atoms with Crippen LogP contribution in [0.25, 0.3) is 0 Å². The van der Waals surface area contributed by atoms with Crippen molar-refractivity contribution in [2.24, 2.45) is 5.92 Å². The summed E-state index contributed by atoms with van der Waals surface area (Å²) in [5, 5.41) is 0. The van der Waals surface area contributed by atoms with Crippen LogP contribution in [0.15, 0.2) is 48.8 Å². The molecule has 4 aliphatic heterocycles. The second-order valence-electron chi connectivity index (χ2n) is 7.82. The minimum Gasteiger partial charge on any atom is -0.456 e. The van der Waals surface area contributed by atoms with Gasteiger partial charge in [0.25, 0.3) is 0 Å². The smallest absolute Gasteiger partial charge is 0.147 e. The molecule has 4 nitrogen and oxygen atoms in total. The van der Waals surface area contributed by atoms with Crippen molar-refractivity contribution in [2.75, 3.05) is 31.1 Å². The van der Waals surface area contributed by atoms with Crippen LogP contribution in [0, 0.1) is 5.92 Å². The molecule has 130 valence electrons. The fraction of sp³-hybridized carbons (Fsp3) is 0.476. The largest absolute Gasteiger partial charge is 0.456 e. The molecule has 1 unspecified atom stereocenters. The quantitative estimate of drug-likeness (QED) is 0.849. The monoisotopic (exact) mass is 335 g/mol. The molecule has 4 saturated heterocycles. The number of para-hydroxylation sites is 1. The first-order chi connectivity index (χ1) is 12.3. The molecule has 0 aliphatic carbocycles. The highest BCUT2D eigenvalue weighted by Crippen LogP contribution is 2.45. The van der Waals surface area contributed by atoms with Crippen molar-refractivity contribution in [3.8, 4) is 11.5 Å². The van der Waals surface area contributed by atoms with E-state index in [0.717, 1.165) is 30.5 Å². The second-order valence-corrected chi connectivity index (χ2v) is 7.82. The van der Waals surface area contributed by atoms with Crippen molar-refractivity contribution in [3.05, 3.63) is 48.8 Å². The Labute approximate surface area is 149 Å². The Morgan fingerprint density at radius 2 is 1.84 bits per heavy atom. The van der Waals surface area contributed by atoms with Crippen molar-refractivity contribution in [1.29, 1.82) is 0 Å². The average molecular weight is 335 g/mol. The van der Waals surface area contributed by atoms with Crippen LogP contribution in [0.4, 0.5) is 5.69 Å². The van der Waals surface area contributed by atoms with Gasteiger partial charge in [0.05, 0.1) is 18.1 Å². The molecule has 4 fully saturated rings. The maximum Gasteiger partial charge on any atom is 0.147 e. The lowest BCUT2D eigenvalue weighted by molar-refractivity contribution is -0.0157. The van der Waals surface area contributed by atoms with Crippen molar-refractivity contribution in [3.63, 3.8) is 0 Å². The Bertz CT molecular complexity index is 742. The number of benzene rings is 1. The van der Waals surface area contributed by atoms with E-state index in [2.05, 4.69) is 20.9 Å². The van der Waals surface area contributed by atoms with Gasteiger partial charge in [-0.1, -0.05) is 18.2 Å². The zero-order chi connectivity index (χ0) is 16.7. The average Bonchev–Trinajstić information content (AvgIpc) is 3.07. The van der Waals surface area contributed by atoms with Crippen molar-refractivity contribution >= 4 is 5.69 Å². The standard InChI is InChI=1S/C21H25N3O/c1-2-4-19(5-3-1)25-20-12-18(14-22-15-20)23-11-8-21(16-23)13-17-6-9-24(21)10-7-17/h1-5,12,14-15,17H,6-11,13,16H2. The van der Waals surface area contributed by atoms with Crippen LogP contribution in [0.2, 0.25) is 0 Å². The Balaban J connectivity index is 1.34. The Morgan fingerprint density at radius 3 is 2.60 bits per heavy atom. The number of hydrogen-bond acceptors (Lipinski definition) is 4. The van der Waals surface area contributed by atoms with Gasteiger partial charge in [-0.05, 0) is 56.8 Å². The first-order valence-electron chi connectivity index (χ1n) is 9.49. The predicted octanol–water partition coefficient (Wildman–Crippen LogP) is 3.94. The lowest BCUT2D eigenvalue weighted by Crippen LogP contribution is -2.59. The van der Waals surface area contributed by atoms with Gasteiger partial charge in [0.2, 0.25) is 0 Å². The molecule has 1 aromatic carbocycles. The van der Waals surface area contributed by atoms with Crippen molar-refractivity contribution in [2.45, 2.75) is 31.2 Å². The van der Waals surface area contributed by atoms with Gasteiger partial charge in [0.1, 0.15) is 11.5 Å². The normalized spacial score (nSPS) is 30.8. The van der Waals surface area contributed by atoms with E-state index >= 15 is 0 Å². The Morgan fingerprint density at radius 1 is 1.00 bits per heavy atom. The number of anilines is 1. The fourth-order valence-corrected chi connectivity index (χ4v) is 5.04. The first-order valence-corrected chi connectivity index (χ1v) is 9.49. The highest BCUT2D eigenvalue weighted by atomic mass is 16.5. The molecule has 0 amide bonds. The zero-order valence-electron chi connectivity index (χ0n) is 14.6. The van der Waals surface area contributed by atoms with Crippen LogP contribution in [-0.4, -0.2) is 41.6 Å². The van der Waals surface area contributed by atoms with Crippen LogP contribution in [0.1, 0.15) is 25.7 Å². The number of rotatable bonds is 3. The Hall–Kier alpha value is -2.07. The minimum absolute atomic E-state index is 0.414. The summed E-state index contributed by atoms with van der Waals surface area (Å²) < 4.78 is 5.97. The third-order valence-electron chi connectivity index (χ3n) is 6.33. The van der Waals surface area contributed by atoms with Gasteiger partial charge in [-0.15, -0.1) is 0 Å². The lowest BCUT2D eigenvalue weighted by Gasteiger charge is -2.52. The summed E-state index contributed by atoms with van der Waals surface area (Å²) in [6.07, 6.45) is 9.26. The van der Waals surface area contributed by atoms with Crippen LogP contribution in [0.3, 0.4) is 0 Å². The van der Waals surface area contributed by atoms with E-state index in [0.29, 0.717) is 5.54 Å². The molecule has 4 heteroatoms. The molecular weight excluding hydrogens is 310 g/mol. The van der Waals surface area contributed by atoms with Gasteiger partial charge in [0, 0.05) is 24.7 Å². The molecule has 25 heavy (non-hydrogen) atoms. The topological polar surface area (TPSA) is 28.6 Å². The summed E-state index contributed by atoms with van der Waals surface area (Å²) >= 11 is 0. The highest BCUT2D eigenvalue weighted by Gasteiger charge is 2.49. The van der Waals surface area contributed by atoms with Gasteiger partial charge in [0.15, 0.2) is 0 Å². The van der Waals surface area contributed by atoms with Gasteiger partial charge in [-0.2, -0.15) is 0 Å². The van der Waals surface area contributed by atoms with Gasteiger partial charge < -0.3 is 9.64 Å². The van der Waals surface area contributed by atoms with Crippen LogP contribution < -0.4 is 9.64 Å². The van der Waals surface area contributed by atoms with E-state index in [9.17, 15) is 0 Å². The number of fused-ring (bicyclic) bond motifs is 2. The van der Waals surface area contributed by atoms with Gasteiger partial charge in [-0.25, -0.2) is 0 Å². The predicted molar refractivity (Wildman–Crippen MR) is 99.2 cm³/mol. The number of hydrogen-bond donors (Lipinski definition) is 0. The highest BCUT2D eigenvalue weighted by molar-refractivity contribution is 5.50. The summed E-state index contributed by atoms with van der Waals surface area (Å²) in [6, 6.07) is 12.1. The van der Waals surface area contributed by atoms with E-state index in [-0.39, 0.29) is 0 Å².